The molecule has 0 spiro atoms. The fraction of sp³-hybridized carbons (Fsp3) is 0.406. The van der Waals surface area contributed by atoms with Crippen molar-refractivity contribution in [2.45, 2.75) is 63.8 Å². The summed E-state index contributed by atoms with van der Waals surface area (Å²) in [4.78, 5) is 19.4. The highest BCUT2D eigenvalue weighted by atomic mass is 35.5. The average molecular weight is 670 g/mol. The Morgan fingerprint density at radius 2 is 1.89 bits per heavy atom. The van der Waals surface area contributed by atoms with Crippen LogP contribution in [0.25, 0.3) is 22.6 Å². The molecule has 0 radical (unpaired) electrons. The summed E-state index contributed by atoms with van der Waals surface area (Å²) in [5.41, 5.74) is 3.18. The summed E-state index contributed by atoms with van der Waals surface area (Å²) in [6.07, 6.45) is 0.0921. The first kappa shape index (κ1) is 31.3. The van der Waals surface area contributed by atoms with E-state index >= 15 is 0 Å². The molecule has 5 aromatic rings. The highest BCUT2D eigenvalue weighted by molar-refractivity contribution is 6.30. The predicted octanol–water partition coefficient (Wildman–Crippen LogP) is 6.61. The molecule has 2 aliphatic rings. The van der Waals surface area contributed by atoms with E-state index in [0.29, 0.717) is 35.1 Å². The normalized spacial score (nSPS) is 19.5. The highest BCUT2D eigenvalue weighted by Gasteiger charge is 2.42. The molecule has 1 aromatic carbocycles. The molecule has 4 aromatic heterocycles. The molecule has 7 rings (SSSR count). The van der Waals surface area contributed by atoms with E-state index < -0.39 is 17.9 Å². The number of hydrogen-bond donors (Lipinski definition) is 0. The summed E-state index contributed by atoms with van der Waals surface area (Å²) in [6.45, 7) is 6.54. The van der Waals surface area contributed by atoms with Crippen molar-refractivity contribution >= 4 is 22.6 Å². The number of hydrogen-bond acceptors (Lipinski definition) is 10. The van der Waals surface area contributed by atoms with E-state index in [2.05, 4.69) is 35.6 Å². The number of pyridine rings is 2. The molecule has 0 bridgehead atoms. The van der Waals surface area contributed by atoms with Crippen LogP contribution in [-0.4, -0.2) is 60.9 Å². The van der Waals surface area contributed by atoms with Gasteiger partial charge in [-0.15, -0.1) is 0 Å². The van der Waals surface area contributed by atoms with Crippen molar-refractivity contribution < 1.29 is 31.9 Å². The molecule has 47 heavy (non-hydrogen) atoms. The van der Waals surface area contributed by atoms with Gasteiger partial charge in [0.2, 0.25) is 5.82 Å². The lowest BCUT2D eigenvalue weighted by Gasteiger charge is -2.32. The van der Waals surface area contributed by atoms with Crippen LogP contribution in [0.1, 0.15) is 55.6 Å². The molecule has 2 aliphatic heterocycles. The molecule has 15 heteroatoms. The van der Waals surface area contributed by atoms with Crippen LogP contribution in [0.3, 0.4) is 0 Å². The Balaban J connectivity index is 1.08. The number of fused-ring (bicyclic) bond motifs is 2. The zero-order valence-corrected chi connectivity index (χ0v) is 26.5. The number of alkyl halides is 3. The Bertz CT molecular complexity index is 1910. The monoisotopic (exact) mass is 669 g/mol. The minimum atomic E-state index is -4.75. The maximum Gasteiger partial charge on any atom is 0.471 e. The van der Waals surface area contributed by atoms with Gasteiger partial charge in [0.05, 0.1) is 41.4 Å². The molecule has 246 valence electrons. The van der Waals surface area contributed by atoms with Crippen molar-refractivity contribution in [2.24, 2.45) is 0 Å². The number of methoxy groups -OCH3 is 1. The maximum atomic E-state index is 13.0. The van der Waals surface area contributed by atoms with Crippen molar-refractivity contribution in [1.82, 2.24) is 34.6 Å². The minimum Gasteiger partial charge on any atom is -0.443 e. The number of likely N-dealkylation sites (tertiary alicyclic amines) is 1. The van der Waals surface area contributed by atoms with Gasteiger partial charge in [0.15, 0.2) is 11.5 Å². The fourth-order valence-corrected chi connectivity index (χ4v) is 6.23. The Morgan fingerprint density at radius 3 is 2.60 bits per heavy atom. The predicted molar refractivity (Wildman–Crippen MR) is 164 cm³/mol. The number of piperidine rings is 1. The molecule has 2 atom stereocenters. The Hall–Kier alpha value is -4.27. The van der Waals surface area contributed by atoms with E-state index in [1.165, 1.54) is 0 Å². The third kappa shape index (κ3) is 6.12. The largest absolute Gasteiger partial charge is 0.471 e. The molecule has 11 nitrogen and oxygen atoms in total. The van der Waals surface area contributed by atoms with E-state index in [-0.39, 0.29) is 23.5 Å². The second-order valence-electron chi connectivity index (χ2n) is 11.9. The van der Waals surface area contributed by atoms with E-state index in [1.54, 1.807) is 37.7 Å². The van der Waals surface area contributed by atoms with Gasteiger partial charge in [-0.2, -0.15) is 18.2 Å². The SMILES string of the molecule is CO[C@H](C)Cn1c(CN2CCC(c3cccc4c3O[C@@](C)(c3ccc(Cl)cn3)O4)CC2)nc2cc(-c3noc(C(F)(F)F)n3)ncc21. The fourth-order valence-electron chi connectivity index (χ4n) is 6.11. The quantitative estimate of drug-likeness (QED) is 0.179. The van der Waals surface area contributed by atoms with Gasteiger partial charge in [0.25, 0.3) is 5.79 Å². The van der Waals surface area contributed by atoms with Crippen molar-refractivity contribution in [1.29, 1.82) is 0 Å². The van der Waals surface area contributed by atoms with Crippen LogP contribution in [0.15, 0.2) is 53.3 Å². The minimum absolute atomic E-state index is 0.112. The number of imidazole rings is 1. The van der Waals surface area contributed by atoms with Crippen molar-refractivity contribution in [3.05, 3.63) is 76.8 Å². The summed E-state index contributed by atoms with van der Waals surface area (Å²) in [5, 5.41) is 4.01. The first-order valence-electron chi connectivity index (χ1n) is 15.2. The molecule has 0 aliphatic carbocycles. The molecule has 1 fully saturated rings. The van der Waals surface area contributed by atoms with Gasteiger partial charge in [0, 0.05) is 25.8 Å². The molecular weight excluding hydrogens is 639 g/mol. The van der Waals surface area contributed by atoms with E-state index in [4.69, 9.17) is 30.8 Å². The van der Waals surface area contributed by atoms with Crippen LogP contribution in [0, 0.1) is 0 Å². The molecule has 0 amide bonds. The Morgan fingerprint density at radius 1 is 1.09 bits per heavy atom. The molecule has 6 heterocycles. The van der Waals surface area contributed by atoms with Crippen molar-refractivity contribution in [2.75, 3.05) is 20.2 Å². The van der Waals surface area contributed by atoms with Gasteiger partial charge in [-0.05, 0) is 63.0 Å². The van der Waals surface area contributed by atoms with E-state index in [9.17, 15) is 13.2 Å². The molecule has 0 saturated carbocycles. The van der Waals surface area contributed by atoms with Crippen molar-refractivity contribution in [3.63, 3.8) is 0 Å². The van der Waals surface area contributed by atoms with Crippen LogP contribution < -0.4 is 9.47 Å². The summed E-state index contributed by atoms with van der Waals surface area (Å²) in [5.74, 6) is -0.239. The first-order chi connectivity index (χ1) is 22.5. The summed E-state index contributed by atoms with van der Waals surface area (Å²) in [7, 11) is 1.64. The number of nitrogens with zero attached hydrogens (tertiary/aromatic N) is 7. The third-order valence-corrected chi connectivity index (χ3v) is 8.87. The molecule has 0 N–H and O–H groups in total. The van der Waals surface area contributed by atoms with E-state index in [1.807, 2.05) is 30.5 Å². The van der Waals surface area contributed by atoms with Gasteiger partial charge >= 0.3 is 12.1 Å². The van der Waals surface area contributed by atoms with Crippen LogP contribution in [0.5, 0.6) is 11.5 Å². The third-order valence-electron chi connectivity index (χ3n) is 8.65. The maximum absolute atomic E-state index is 13.0. The second-order valence-corrected chi connectivity index (χ2v) is 12.3. The second kappa shape index (κ2) is 12.1. The van der Waals surface area contributed by atoms with Crippen LogP contribution in [0.4, 0.5) is 13.2 Å². The highest BCUT2D eigenvalue weighted by Crippen LogP contribution is 2.49. The molecule has 1 saturated heterocycles. The smallest absolute Gasteiger partial charge is 0.443 e. The Labute approximate surface area is 272 Å². The van der Waals surface area contributed by atoms with Gasteiger partial charge in [0.1, 0.15) is 17.2 Å². The zero-order chi connectivity index (χ0) is 32.9. The lowest BCUT2D eigenvalue weighted by molar-refractivity contribution is -0.159. The number of aromatic nitrogens is 6. The summed E-state index contributed by atoms with van der Waals surface area (Å²) in [6, 6.07) is 11.2. The first-order valence-corrected chi connectivity index (χ1v) is 15.5. The topological polar surface area (TPSA) is 113 Å². The standard InChI is InChI=1S/C32H31ClF3N7O4/c1-18(44-3)16-43-24-15-37-23(29-40-30(47-41-29)32(34,35)36)13-22(24)39-27(43)17-42-11-9-19(10-12-42)21-5-4-6-25-28(21)46-31(2,45-25)26-8-7-20(33)14-38-26/h4-8,13-15,18-19H,9-12,16-17H2,1-3H3/t18-,31+/m1/s1. The summed E-state index contributed by atoms with van der Waals surface area (Å²) < 4.78 is 63.7. The van der Waals surface area contributed by atoms with Crippen LogP contribution >= 0.6 is 11.6 Å². The Kier molecular flexibility index (Phi) is 8.05. The van der Waals surface area contributed by atoms with Crippen LogP contribution in [0.2, 0.25) is 5.02 Å². The lowest BCUT2D eigenvalue weighted by atomic mass is 9.88. The number of benzene rings is 1. The van der Waals surface area contributed by atoms with Gasteiger partial charge in [-0.3, -0.25) is 14.9 Å². The van der Waals surface area contributed by atoms with Gasteiger partial charge < -0.3 is 23.3 Å². The summed E-state index contributed by atoms with van der Waals surface area (Å²) >= 11 is 6.04. The lowest BCUT2D eigenvalue weighted by Crippen LogP contribution is -2.34. The zero-order valence-electron chi connectivity index (χ0n) is 25.8. The molecule has 0 unspecified atom stereocenters. The van der Waals surface area contributed by atoms with Gasteiger partial charge in [-0.25, -0.2) is 4.98 Å². The average Bonchev–Trinajstić information content (AvgIpc) is 3.77. The number of rotatable bonds is 8. The number of halogens is 4. The van der Waals surface area contributed by atoms with Crippen LogP contribution in [-0.2, 0) is 29.8 Å². The van der Waals surface area contributed by atoms with E-state index in [0.717, 1.165) is 48.6 Å². The number of para-hydroxylation sites is 1. The van der Waals surface area contributed by atoms with Gasteiger partial charge in [-0.1, -0.05) is 28.9 Å². The van der Waals surface area contributed by atoms with Crippen molar-refractivity contribution in [3.8, 4) is 23.0 Å². The number of ether oxygens (including phenoxy) is 3. The molecular formula is C32H31ClF3N7O4.